The largest absolute Gasteiger partial charge is 0.391 e. The molecule has 2 N–H and O–H groups in total. The van der Waals surface area contributed by atoms with Crippen LogP contribution in [-0.2, 0) is 11.3 Å². The van der Waals surface area contributed by atoms with E-state index in [4.69, 9.17) is 0 Å². The van der Waals surface area contributed by atoms with Crippen molar-refractivity contribution in [3.63, 3.8) is 0 Å². The maximum Gasteiger partial charge on any atom is 0.240 e. The molecule has 0 saturated heterocycles. The summed E-state index contributed by atoms with van der Waals surface area (Å²) in [5.41, 5.74) is 1.05. The average Bonchev–Trinajstić information content (AvgIpc) is 2.79. The lowest BCUT2D eigenvalue weighted by molar-refractivity contribution is -0.122. The Morgan fingerprint density at radius 1 is 1.30 bits per heavy atom. The van der Waals surface area contributed by atoms with E-state index in [0.717, 1.165) is 10.9 Å². The summed E-state index contributed by atoms with van der Waals surface area (Å²) in [7, 11) is 0. The Balaban J connectivity index is 1.88. The third-order valence-corrected chi connectivity index (χ3v) is 3.27. The van der Waals surface area contributed by atoms with E-state index in [1.165, 1.54) is 0 Å². The molecule has 0 saturated carbocycles. The van der Waals surface area contributed by atoms with Gasteiger partial charge in [-0.05, 0) is 29.9 Å². The van der Waals surface area contributed by atoms with Crippen LogP contribution in [0.2, 0.25) is 0 Å². The van der Waals surface area contributed by atoms with Crippen LogP contribution in [0.15, 0.2) is 36.5 Å². The molecule has 2 rings (SSSR count). The molecule has 2 aromatic rings. The van der Waals surface area contributed by atoms with E-state index < -0.39 is 6.10 Å². The first-order valence-electron chi connectivity index (χ1n) is 7.05. The zero-order valence-electron chi connectivity index (χ0n) is 12.0. The van der Waals surface area contributed by atoms with E-state index >= 15 is 0 Å². The highest BCUT2D eigenvalue weighted by atomic mass is 16.3. The number of para-hydroxylation sites is 1. The lowest BCUT2D eigenvalue weighted by atomic mass is 10.1. The normalized spacial score (nSPS) is 12.8. The van der Waals surface area contributed by atoms with Gasteiger partial charge in [0.15, 0.2) is 0 Å². The number of carbonyl (C=O) groups is 1. The minimum absolute atomic E-state index is 0.0749. The standard InChI is InChI=1S/C16H22N2O2/c1-12(2)9-14(19)10-17-16(20)11-18-8-7-13-5-3-4-6-15(13)18/h3-8,12,14,19H,9-11H2,1-2H3,(H,17,20). The van der Waals surface area contributed by atoms with Gasteiger partial charge in [0.1, 0.15) is 6.54 Å². The number of nitrogens with one attached hydrogen (secondary N) is 1. The smallest absolute Gasteiger partial charge is 0.240 e. The van der Waals surface area contributed by atoms with Gasteiger partial charge in [-0.15, -0.1) is 0 Å². The maximum absolute atomic E-state index is 11.9. The van der Waals surface area contributed by atoms with Crippen molar-refractivity contribution in [1.82, 2.24) is 9.88 Å². The van der Waals surface area contributed by atoms with Crippen molar-refractivity contribution in [1.29, 1.82) is 0 Å². The molecular weight excluding hydrogens is 252 g/mol. The third-order valence-electron chi connectivity index (χ3n) is 3.27. The van der Waals surface area contributed by atoms with Crippen molar-refractivity contribution in [3.8, 4) is 0 Å². The number of nitrogens with zero attached hydrogens (tertiary/aromatic N) is 1. The minimum Gasteiger partial charge on any atom is -0.391 e. The average molecular weight is 274 g/mol. The van der Waals surface area contributed by atoms with Gasteiger partial charge in [-0.2, -0.15) is 0 Å². The predicted octanol–water partition coefficient (Wildman–Crippen LogP) is 2.16. The fourth-order valence-electron chi connectivity index (χ4n) is 2.35. The summed E-state index contributed by atoms with van der Waals surface area (Å²) in [5, 5.41) is 13.7. The number of hydrogen-bond donors (Lipinski definition) is 2. The Morgan fingerprint density at radius 2 is 2.05 bits per heavy atom. The molecule has 1 aromatic heterocycles. The Morgan fingerprint density at radius 3 is 2.80 bits per heavy atom. The lowest BCUT2D eigenvalue weighted by Crippen LogP contribution is -2.34. The van der Waals surface area contributed by atoms with Crippen LogP contribution in [0.3, 0.4) is 0 Å². The van der Waals surface area contributed by atoms with Crippen molar-refractivity contribution in [2.24, 2.45) is 5.92 Å². The lowest BCUT2D eigenvalue weighted by Gasteiger charge is -2.14. The number of rotatable bonds is 6. The third kappa shape index (κ3) is 3.84. The van der Waals surface area contributed by atoms with Gasteiger partial charge in [-0.1, -0.05) is 32.0 Å². The maximum atomic E-state index is 11.9. The summed E-state index contributed by atoms with van der Waals surface area (Å²) in [6.07, 6.45) is 2.14. The number of carbonyl (C=O) groups excluding carboxylic acids is 1. The monoisotopic (exact) mass is 274 g/mol. The van der Waals surface area contributed by atoms with Crippen molar-refractivity contribution in [3.05, 3.63) is 36.5 Å². The first-order chi connectivity index (χ1) is 9.56. The molecule has 0 bridgehead atoms. The van der Waals surface area contributed by atoms with Crippen LogP contribution in [0.25, 0.3) is 10.9 Å². The molecule has 0 aliphatic rings. The first-order valence-corrected chi connectivity index (χ1v) is 7.05. The van der Waals surface area contributed by atoms with Crippen LogP contribution in [0.1, 0.15) is 20.3 Å². The van der Waals surface area contributed by atoms with Crippen molar-refractivity contribution >= 4 is 16.8 Å². The number of hydrogen-bond acceptors (Lipinski definition) is 2. The van der Waals surface area contributed by atoms with E-state index in [2.05, 4.69) is 19.2 Å². The Bertz CT molecular complexity index is 575. The summed E-state index contributed by atoms with van der Waals surface area (Å²) < 4.78 is 1.92. The number of aliphatic hydroxyl groups is 1. The van der Waals surface area contributed by atoms with Gasteiger partial charge in [0.25, 0.3) is 0 Å². The van der Waals surface area contributed by atoms with Crippen LogP contribution >= 0.6 is 0 Å². The SMILES string of the molecule is CC(C)CC(O)CNC(=O)Cn1ccc2ccccc21. The number of aliphatic hydroxyl groups excluding tert-OH is 1. The van der Waals surface area contributed by atoms with Gasteiger partial charge < -0.3 is 15.0 Å². The highest BCUT2D eigenvalue weighted by Gasteiger charge is 2.10. The molecule has 1 aromatic carbocycles. The van der Waals surface area contributed by atoms with E-state index in [0.29, 0.717) is 18.9 Å². The minimum atomic E-state index is -0.472. The van der Waals surface area contributed by atoms with Gasteiger partial charge in [-0.25, -0.2) is 0 Å². The summed E-state index contributed by atoms with van der Waals surface area (Å²) >= 11 is 0. The number of aromatic nitrogens is 1. The fraction of sp³-hybridized carbons (Fsp3) is 0.438. The van der Waals surface area contributed by atoms with Gasteiger partial charge in [0, 0.05) is 18.3 Å². The van der Waals surface area contributed by atoms with Gasteiger partial charge >= 0.3 is 0 Å². The molecule has 20 heavy (non-hydrogen) atoms. The van der Waals surface area contributed by atoms with Crippen LogP contribution in [0, 0.1) is 5.92 Å². The van der Waals surface area contributed by atoms with Crippen LogP contribution in [0.5, 0.6) is 0 Å². The zero-order valence-corrected chi connectivity index (χ0v) is 12.0. The second kappa shape index (κ2) is 6.57. The van der Waals surface area contributed by atoms with Crippen LogP contribution in [0.4, 0.5) is 0 Å². The Hall–Kier alpha value is -1.81. The molecule has 4 nitrogen and oxygen atoms in total. The van der Waals surface area contributed by atoms with Gasteiger partial charge in [0.2, 0.25) is 5.91 Å². The fourth-order valence-corrected chi connectivity index (χ4v) is 2.35. The van der Waals surface area contributed by atoms with Crippen LogP contribution < -0.4 is 5.32 Å². The van der Waals surface area contributed by atoms with Gasteiger partial charge in [-0.3, -0.25) is 4.79 Å². The van der Waals surface area contributed by atoms with E-state index in [1.54, 1.807) is 0 Å². The number of benzene rings is 1. The number of fused-ring (bicyclic) bond motifs is 1. The molecule has 0 aliphatic heterocycles. The summed E-state index contributed by atoms with van der Waals surface area (Å²) in [6.45, 7) is 4.70. The first kappa shape index (κ1) is 14.6. The van der Waals surface area contributed by atoms with Gasteiger partial charge in [0.05, 0.1) is 6.10 Å². The second-order valence-corrected chi connectivity index (χ2v) is 5.59. The molecule has 0 aliphatic carbocycles. The quantitative estimate of drug-likeness (QED) is 0.848. The van der Waals surface area contributed by atoms with Crippen molar-refractivity contribution in [2.45, 2.75) is 32.9 Å². The Labute approximate surface area is 119 Å². The molecule has 1 unspecified atom stereocenters. The second-order valence-electron chi connectivity index (χ2n) is 5.59. The van der Waals surface area contributed by atoms with Crippen molar-refractivity contribution < 1.29 is 9.90 Å². The summed E-state index contributed by atoms with van der Waals surface area (Å²) in [4.78, 5) is 11.9. The molecule has 1 heterocycles. The van der Waals surface area contributed by atoms with Crippen molar-refractivity contribution in [2.75, 3.05) is 6.54 Å². The van der Waals surface area contributed by atoms with E-state index in [-0.39, 0.29) is 12.5 Å². The molecular formula is C16H22N2O2. The predicted molar refractivity (Wildman–Crippen MR) is 80.4 cm³/mol. The highest BCUT2D eigenvalue weighted by Crippen LogP contribution is 2.14. The summed E-state index contributed by atoms with van der Waals surface area (Å²) in [6, 6.07) is 9.96. The molecule has 1 amide bonds. The molecule has 0 spiro atoms. The molecule has 0 radical (unpaired) electrons. The van der Waals surface area contributed by atoms with E-state index in [1.807, 2.05) is 41.1 Å². The molecule has 4 heteroatoms. The molecule has 108 valence electrons. The Kier molecular flexibility index (Phi) is 4.79. The van der Waals surface area contributed by atoms with E-state index in [9.17, 15) is 9.90 Å². The zero-order chi connectivity index (χ0) is 14.5. The molecule has 0 fully saturated rings. The highest BCUT2D eigenvalue weighted by molar-refractivity contribution is 5.83. The number of amides is 1. The molecule has 1 atom stereocenters. The topological polar surface area (TPSA) is 54.3 Å². The van der Waals surface area contributed by atoms with Crippen LogP contribution in [-0.4, -0.2) is 28.2 Å². The summed E-state index contributed by atoms with van der Waals surface area (Å²) in [5.74, 6) is 0.351.